The Morgan fingerprint density at radius 1 is 1.13 bits per heavy atom. The van der Waals surface area contributed by atoms with Crippen molar-refractivity contribution < 1.29 is 23.0 Å². The van der Waals surface area contributed by atoms with Crippen LogP contribution >= 0.6 is 0 Å². The molecule has 1 saturated carbocycles. The van der Waals surface area contributed by atoms with E-state index in [1.54, 1.807) is 12.3 Å². The molecule has 1 atom stereocenters. The topological polar surface area (TPSA) is 132 Å². The number of alkyl halides is 3. The van der Waals surface area contributed by atoms with Gasteiger partial charge in [-0.3, -0.25) is 14.5 Å². The van der Waals surface area contributed by atoms with E-state index in [1.807, 2.05) is 28.0 Å². The Morgan fingerprint density at radius 3 is 2.72 bits per heavy atom. The highest BCUT2D eigenvalue weighted by atomic mass is 19.4. The summed E-state index contributed by atoms with van der Waals surface area (Å²) < 4.78 is 49.2. The number of rotatable bonds is 9. The summed E-state index contributed by atoms with van der Waals surface area (Å²) in [6, 6.07) is 7.22. The van der Waals surface area contributed by atoms with Gasteiger partial charge in [-0.2, -0.15) is 23.5 Å². The van der Waals surface area contributed by atoms with Gasteiger partial charge in [0.25, 0.3) is 0 Å². The Labute approximate surface area is 264 Å². The van der Waals surface area contributed by atoms with Crippen LogP contribution in [0.4, 0.5) is 13.2 Å². The van der Waals surface area contributed by atoms with Crippen LogP contribution in [0.5, 0.6) is 5.88 Å². The number of aromatic amines is 1. The second-order valence-electron chi connectivity index (χ2n) is 12.8. The fourth-order valence-corrected chi connectivity index (χ4v) is 7.37. The highest BCUT2D eigenvalue weighted by molar-refractivity contribution is 5.90. The normalized spacial score (nSPS) is 24.7. The molecule has 0 amide bonds. The molecule has 3 fully saturated rings. The summed E-state index contributed by atoms with van der Waals surface area (Å²) in [7, 11) is 0. The number of piperidine rings is 1. The number of aromatic nitrogens is 6. The second kappa shape index (κ2) is 12.3. The van der Waals surface area contributed by atoms with Gasteiger partial charge < -0.3 is 14.8 Å². The van der Waals surface area contributed by atoms with Gasteiger partial charge in [0, 0.05) is 61.1 Å². The lowest BCUT2D eigenvalue weighted by atomic mass is 9.69. The van der Waals surface area contributed by atoms with Crippen molar-refractivity contribution in [1.29, 1.82) is 5.26 Å². The van der Waals surface area contributed by atoms with Crippen molar-refractivity contribution in [1.82, 2.24) is 39.5 Å². The van der Waals surface area contributed by atoms with Gasteiger partial charge in [-0.05, 0) is 62.8 Å². The Morgan fingerprint density at radius 2 is 1.96 bits per heavy atom. The van der Waals surface area contributed by atoms with Gasteiger partial charge in [-0.25, -0.2) is 15.0 Å². The van der Waals surface area contributed by atoms with Crippen LogP contribution in [0.25, 0.3) is 22.3 Å². The zero-order valence-electron chi connectivity index (χ0n) is 25.3. The molecule has 0 radical (unpaired) electrons. The van der Waals surface area contributed by atoms with Crippen LogP contribution in [0.2, 0.25) is 0 Å². The van der Waals surface area contributed by atoms with Crippen LogP contribution in [-0.2, 0) is 18.3 Å². The lowest BCUT2D eigenvalue weighted by Crippen LogP contribution is -2.58. The largest absolute Gasteiger partial charge is 0.474 e. The van der Waals surface area contributed by atoms with Gasteiger partial charge in [0.1, 0.15) is 23.8 Å². The Kier molecular flexibility index (Phi) is 8.16. The van der Waals surface area contributed by atoms with Crippen LogP contribution in [0.15, 0.2) is 43.1 Å². The Balaban J connectivity index is 0.984. The van der Waals surface area contributed by atoms with Crippen LogP contribution in [0, 0.1) is 11.3 Å². The molecule has 6 heterocycles. The molecule has 11 nitrogen and oxygen atoms in total. The Hall–Kier alpha value is -4.06. The van der Waals surface area contributed by atoms with Gasteiger partial charge >= 0.3 is 6.18 Å². The van der Waals surface area contributed by atoms with Crippen molar-refractivity contribution in [2.45, 2.75) is 81.4 Å². The minimum atomic E-state index is -4.59. The predicted octanol–water partition coefficient (Wildman–Crippen LogP) is 4.51. The van der Waals surface area contributed by atoms with E-state index in [2.05, 4.69) is 36.0 Å². The molecule has 1 aliphatic carbocycles. The quantitative estimate of drug-likeness (QED) is 0.273. The minimum Gasteiger partial charge on any atom is -0.474 e. The highest BCUT2D eigenvalue weighted by Gasteiger charge is 2.49. The van der Waals surface area contributed by atoms with Crippen molar-refractivity contribution in [2.24, 2.45) is 0 Å². The van der Waals surface area contributed by atoms with E-state index in [9.17, 15) is 23.5 Å². The maximum Gasteiger partial charge on any atom is 0.433 e. The average molecular weight is 636 g/mol. The third-order valence-corrected chi connectivity index (χ3v) is 9.86. The van der Waals surface area contributed by atoms with E-state index < -0.39 is 17.4 Å². The third-order valence-electron chi connectivity index (χ3n) is 9.86. The van der Waals surface area contributed by atoms with Crippen molar-refractivity contribution in [3.05, 3.63) is 54.4 Å². The molecule has 4 aromatic heterocycles. The zero-order valence-corrected chi connectivity index (χ0v) is 25.3. The molecule has 2 saturated heterocycles. The summed E-state index contributed by atoms with van der Waals surface area (Å²) in [6.07, 6.45) is 7.24. The number of fused-ring (bicyclic) bond motifs is 1. The first-order valence-electron chi connectivity index (χ1n) is 15.8. The van der Waals surface area contributed by atoms with E-state index >= 15 is 0 Å². The summed E-state index contributed by atoms with van der Waals surface area (Å²) in [4.78, 5) is 20.1. The first kappa shape index (κ1) is 30.6. The van der Waals surface area contributed by atoms with Crippen molar-refractivity contribution >= 4 is 11.0 Å². The van der Waals surface area contributed by atoms with Crippen LogP contribution in [0.3, 0.4) is 0 Å². The third kappa shape index (κ3) is 5.94. The number of aliphatic hydroxyl groups is 1. The molecule has 0 spiro atoms. The molecule has 7 rings (SSSR count). The molecule has 3 aliphatic rings. The zero-order chi connectivity index (χ0) is 31.9. The highest BCUT2D eigenvalue weighted by Crippen LogP contribution is 2.46. The first-order valence-corrected chi connectivity index (χ1v) is 15.8. The monoisotopic (exact) mass is 635 g/mol. The molecule has 2 N–H and O–H groups in total. The number of nitrogens with zero attached hydrogens (tertiary/aromatic N) is 8. The van der Waals surface area contributed by atoms with Crippen LogP contribution in [0.1, 0.15) is 56.2 Å². The first-order chi connectivity index (χ1) is 22.2. The van der Waals surface area contributed by atoms with Gasteiger partial charge in [-0.1, -0.05) is 0 Å². The van der Waals surface area contributed by atoms with Crippen LogP contribution < -0.4 is 4.74 Å². The smallest absolute Gasteiger partial charge is 0.433 e. The van der Waals surface area contributed by atoms with Gasteiger partial charge in [0.05, 0.1) is 36.5 Å². The Bertz CT molecular complexity index is 1720. The van der Waals surface area contributed by atoms with E-state index in [4.69, 9.17) is 4.74 Å². The second-order valence-corrected chi connectivity index (χ2v) is 12.8. The lowest BCUT2D eigenvalue weighted by molar-refractivity contribution is -0.141. The summed E-state index contributed by atoms with van der Waals surface area (Å²) in [5, 5.41) is 24.9. The maximum atomic E-state index is 13.7. The average Bonchev–Trinajstić information content (AvgIpc) is 3.80. The molecule has 0 unspecified atom stereocenters. The predicted molar refractivity (Wildman–Crippen MR) is 161 cm³/mol. The molecule has 0 bridgehead atoms. The van der Waals surface area contributed by atoms with Crippen LogP contribution in [-0.4, -0.2) is 89.1 Å². The number of nitriles is 1. The number of likely N-dealkylation sites (tertiary alicyclic amines) is 2. The van der Waals surface area contributed by atoms with E-state index in [0.29, 0.717) is 31.4 Å². The number of hydrogen-bond acceptors (Lipinski definition) is 9. The number of H-pyrrole nitrogens is 1. The van der Waals surface area contributed by atoms with E-state index in [1.165, 1.54) is 6.33 Å². The summed E-state index contributed by atoms with van der Waals surface area (Å²) in [5.41, 5.74) is 1.53. The van der Waals surface area contributed by atoms with Gasteiger partial charge in [-0.15, -0.1) is 0 Å². The fraction of sp³-hybridized carbons (Fsp3) is 0.531. The molecule has 0 aromatic carbocycles. The van der Waals surface area contributed by atoms with E-state index in [0.717, 1.165) is 73.7 Å². The summed E-state index contributed by atoms with van der Waals surface area (Å²) in [6.45, 7) is 2.52. The molecular formula is C32H36F3N9O2. The molecule has 242 valence electrons. The van der Waals surface area contributed by atoms with Crippen molar-refractivity contribution in [3.63, 3.8) is 0 Å². The summed E-state index contributed by atoms with van der Waals surface area (Å²) in [5.74, 6) is -0.00482. The van der Waals surface area contributed by atoms with Crippen molar-refractivity contribution in [3.8, 4) is 23.2 Å². The van der Waals surface area contributed by atoms with Gasteiger partial charge in [0.15, 0.2) is 0 Å². The fourth-order valence-electron chi connectivity index (χ4n) is 7.37. The lowest BCUT2D eigenvalue weighted by Gasteiger charge is -2.52. The SMILES string of the molecule is N#CC[C@]1(n2cc(-c3ncnc4[nH]ccc34)cn2)C[C@@H](N2CCC(Oc3cc(CN4CCC[C@H]4CO)cc(C(F)(F)F)n3)CC2)C1. The number of aliphatic hydroxyl groups excluding tert-OH is 1. The maximum absolute atomic E-state index is 13.7. The minimum absolute atomic E-state index is 0.00482. The molecule has 4 aromatic rings. The molecule has 2 aliphatic heterocycles. The molecule has 46 heavy (non-hydrogen) atoms. The number of nitrogens with one attached hydrogen (secondary N) is 1. The number of hydrogen-bond donors (Lipinski definition) is 2. The van der Waals surface area contributed by atoms with Crippen molar-refractivity contribution in [2.75, 3.05) is 26.2 Å². The van der Waals surface area contributed by atoms with E-state index in [-0.39, 0.29) is 30.7 Å². The number of halogens is 3. The number of pyridine rings is 1. The standard InChI is InChI=1S/C32H36F3N9O2/c33-32(34,35)27-12-21(17-43-9-1-2-23(43)19-45)13-28(41-27)46-25-4-10-42(11-5-25)24-14-31(15-24,6-7-36)44-18-22(16-40-44)29-26-3-8-37-30(26)39-20-38-29/h3,8,12-13,16,18,20,23-25,45H,1-2,4-6,9-11,14-15,17,19H2,(H,37,38,39)/t23-,24-,31+/m0/s1. The van der Waals surface area contributed by atoms with Gasteiger partial charge in [0.2, 0.25) is 5.88 Å². The molecular weight excluding hydrogens is 599 g/mol. The summed E-state index contributed by atoms with van der Waals surface area (Å²) >= 11 is 0. The molecule has 14 heteroatoms. The number of ether oxygens (including phenoxy) is 1.